The topological polar surface area (TPSA) is 103 Å². The van der Waals surface area contributed by atoms with Gasteiger partial charge in [-0.3, -0.25) is 0 Å². The Hall–Kier alpha value is -1.80. The number of nitrogens with two attached hydrogens (primary N) is 1. The molecule has 0 amide bonds. The minimum atomic E-state index is 0.155. The average molecular weight is 239 g/mol. The standard InChI is InChI=1S/C8H9N5O2S/c1-14-3-4-2-5(13-15-4)6-10-7(9)12-8(16)11-6/h2H,3H2,1H3,(H3,9,10,11,12,16). The van der Waals surface area contributed by atoms with Gasteiger partial charge in [0.25, 0.3) is 0 Å². The number of nitrogens with zero attached hydrogens (tertiary/aromatic N) is 3. The van der Waals surface area contributed by atoms with Crippen molar-refractivity contribution in [1.29, 1.82) is 0 Å². The highest BCUT2D eigenvalue weighted by Crippen LogP contribution is 2.15. The molecule has 0 aliphatic carbocycles. The fraction of sp³-hybridized carbons (Fsp3) is 0.250. The van der Waals surface area contributed by atoms with E-state index in [4.69, 9.17) is 27.2 Å². The Bertz CT molecular complexity index is 549. The van der Waals surface area contributed by atoms with Gasteiger partial charge in [-0.2, -0.15) is 9.97 Å². The zero-order valence-corrected chi connectivity index (χ0v) is 9.24. The average Bonchev–Trinajstić information content (AvgIpc) is 2.65. The van der Waals surface area contributed by atoms with Crippen LogP contribution in [0.4, 0.5) is 5.95 Å². The van der Waals surface area contributed by atoms with E-state index in [1.807, 2.05) is 0 Å². The summed E-state index contributed by atoms with van der Waals surface area (Å²) in [4.78, 5) is 10.5. The summed E-state index contributed by atoms with van der Waals surface area (Å²) < 4.78 is 10.1. The van der Waals surface area contributed by atoms with Gasteiger partial charge in [0.05, 0.1) is 0 Å². The molecule has 0 atom stereocenters. The largest absolute Gasteiger partial charge is 0.377 e. The van der Waals surface area contributed by atoms with E-state index in [2.05, 4.69) is 20.1 Å². The Labute approximate surface area is 95.7 Å². The summed E-state index contributed by atoms with van der Waals surface area (Å²) in [5.41, 5.74) is 6.01. The van der Waals surface area contributed by atoms with E-state index in [1.165, 1.54) is 0 Å². The lowest BCUT2D eigenvalue weighted by atomic mass is 10.3. The van der Waals surface area contributed by atoms with Crippen molar-refractivity contribution in [2.24, 2.45) is 0 Å². The van der Waals surface area contributed by atoms with Gasteiger partial charge in [-0.1, -0.05) is 5.16 Å². The van der Waals surface area contributed by atoms with Gasteiger partial charge < -0.3 is 20.0 Å². The molecular weight excluding hydrogens is 230 g/mol. The van der Waals surface area contributed by atoms with Crippen molar-refractivity contribution in [3.8, 4) is 11.5 Å². The van der Waals surface area contributed by atoms with Crippen LogP contribution in [-0.2, 0) is 11.3 Å². The molecule has 0 radical (unpaired) electrons. The minimum absolute atomic E-state index is 0.155. The Morgan fingerprint density at radius 2 is 2.38 bits per heavy atom. The fourth-order valence-electron chi connectivity index (χ4n) is 1.16. The van der Waals surface area contributed by atoms with E-state index in [0.29, 0.717) is 23.9 Å². The van der Waals surface area contributed by atoms with Crippen LogP contribution in [0.2, 0.25) is 0 Å². The lowest BCUT2D eigenvalue weighted by Crippen LogP contribution is -1.99. The summed E-state index contributed by atoms with van der Waals surface area (Å²) in [6, 6.07) is 1.69. The summed E-state index contributed by atoms with van der Waals surface area (Å²) in [5.74, 6) is 1.20. The quantitative estimate of drug-likeness (QED) is 0.767. The molecule has 0 saturated heterocycles. The summed E-state index contributed by atoms with van der Waals surface area (Å²) >= 11 is 4.84. The van der Waals surface area contributed by atoms with E-state index < -0.39 is 0 Å². The van der Waals surface area contributed by atoms with E-state index in [9.17, 15) is 0 Å². The normalized spacial score (nSPS) is 10.6. The number of nitrogen functional groups attached to an aromatic ring is 1. The van der Waals surface area contributed by atoms with Crippen LogP contribution >= 0.6 is 12.2 Å². The third-order valence-electron chi connectivity index (χ3n) is 1.76. The van der Waals surface area contributed by atoms with Crippen LogP contribution in [0, 0.1) is 4.77 Å². The zero-order valence-electron chi connectivity index (χ0n) is 8.43. The Balaban J connectivity index is 2.38. The van der Waals surface area contributed by atoms with Crippen LogP contribution in [0.5, 0.6) is 0 Å². The number of rotatable bonds is 3. The smallest absolute Gasteiger partial charge is 0.224 e. The second kappa shape index (κ2) is 4.37. The van der Waals surface area contributed by atoms with Gasteiger partial charge in [-0.15, -0.1) is 0 Å². The predicted molar refractivity (Wildman–Crippen MR) is 57.8 cm³/mol. The monoisotopic (exact) mass is 239 g/mol. The predicted octanol–water partition coefficient (Wildman–Crippen LogP) is 0.918. The summed E-state index contributed by atoms with van der Waals surface area (Å²) in [6.07, 6.45) is 0. The number of hydrogen-bond acceptors (Lipinski definition) is 7. The van der Waals surface area contributed by atoms with Crippen molar-refractivity contribution < 1.29 is 9.26 Å². The van der Waals surface area contributed by atoms with Crippen LogP contribution < -0.4 is 5.73 Å². The molecular formula is C8H9N5O2S. The van der Waals surface area contributed by atoms with Crippen LogP contribution in [0.3, 0.4) is 0 Å². The third-order valence-corrected chi connectivity index (χ3v) is 1.94. The van der Waals surface area contributed by atoms with Crippen molar-refractivity contribution in [3.63, 3.8) is 0 Å². The lowest BCUT2D eigenvalue weighted by molar-refractivity contribution is 0.156. The van der Waals surface area contributed by atoms with Gasteiger partial charge in [-0.25, -0.2) is 0 Å². The SMILES string of the molecule is COCc1cc(-c2nc(=S)nc(N)[nH]2)no1. The van der Waals surface area contributed by atoms with Crippen LogP contribution in [0.1, 0.15) is 5.76 Å². The van der Waals surface area contributed by atoms with Gasteiger partial charge in [0.15, 0.2) is 11.6 Å². The molecule has 0 unspecified atom stereocenters. The molecule has 3 N–H and O–H groups in total. The molecule has 0 aromatic carbocycles. The molecule has 0 saturated carbocycles. The number of hydrogen-bond donors (Lipinski definition) is 2. The molecule has 16 heavy (non-hydrogen) atoms. The van der Waals surface area contributed by atoms with Crippen molar-refractivity contribution in [1.82, 2.24) is 20.1 Å². The van der Waals surface area contributed by atoms with Gasteiger partial charge >= 0.3 is 0 Å². The fourth-order valence-corrected chi connectivity index (χ4v) is 1.35. The first kappa shape index (κ1) is 10.7. The maximum atomic E-state index is 5.51. The Morgan fingerprint density at radius 1 is 1.56 bits per heavy atom. The molecule has 2 aromatic heterocycles. The first-order chi connectivity index (χ1) is 7.69. The van der Waals surface area contributed by atoms with Crippen molar-refractivity contribution in [3.05, 3.63) is 16.6 Å². The van der Waals surface area contributed by atoms with Crippen molar-refractivity contribution in [2.75, 3.05) is 12.8 Å². The molecule has 7 nitrogen and oxygen atoms in total. The second-order valence-corrected chi connectivity index (χ2v) is 3.34. The number of anilines is 1. The van der Waals surface area contributed by atoms with E-state index in [0.717, 1.165) is 0 Å². The number of nitrogens with one attached hydrogen (secondary N) is 1. The molecule has 8 heteroatoms. The molecule has 0 aliphatic heterocycles. The summed E-state index contributed by atoms with van der Waals surface area (Å²) in [6.45, 7) is 0.342. The number of ether oxygens (including phenoxy) is 1. The number of methoxy groups -OCH3 is 1. The summed E-state index contributed by atoms with van der Waals surface area (Å²) in [5, 5.41) is 3.81. The zero-order chi connectivity index (χ0) is 11.5. The number of H-pyrrole nitrogens is 1. The van der Waals surface area contributed by atoms with Gasteiger partial charge in [0.1, 0.15) is 12.3 Å². The van der Waals surface area contributed by atoms with E-state index in [-0.39, 0.29) is 10.7 Å². The lowest BCUT2D eigenvalue weighted by Gasteiger charge is -1.96. The van der Waals surface area contributed by atoms with Gasteiger partial charge in [0, 0.05) is 13.2 Å². The van der Waals surface area contributed by atoms with E-state index >= 15 is 0 Å². The molecule has 2 heterocycles. The molecule has 0 spiro atoms. The molecule has 2 rings (SSSR count). The first-order valence-corrected chi connectivity index (χ1v) is 4.78. The van der Waals surface area contributed by atoms with Crippen molar-refractivity contribution in [2.45, 2.75) is 6.61 Å². The molecule has 0 fully saturated rings. The molecule has 2 aromatic rings. The molecule has 0 aliphatic rings. The third kappa shape index (κ3) is 2.23. The highest BCUT2D eigenvalue weighted by atomic mass is 32.1. The Kier molecular flexibility index (Phi) is 2.93. The van der Waals surface area contributed by atoms with E-state index in [1.54, 1.807) is 13.2 Å². The van der Waals surface area contributed by atoms with Crippen LogP contribution in [0.25, 0.3) is 11.5 Å². The van der Waals surface area contributed by atoms with Crippen molar-refractivity contribution >= 4 is 18.2 Å². The highest BCUT2D eigenvalue weighted by Gasteiger charge is 2.09. The summed E-state index contributed by atoms with van der Waals surface area (Å²) in [7, 11) is 1.57. The maximum absolute atomic E-state index is 5.51. The Morgan fingerprint density at radius 3 is 3.06 bits per heavy atom. The van der Waals surface area contributed by atoms with Crippen LogP contribution in [-0.4, -0.2) is 27.2 Å². The first-order valence-electron chi connectivity index (χ1n) is 4.38. The van der Waals surface area contributed by atoms with Gasteiger partial charge in [0.2, 0.25) is 10.7 Å². The minimum Gasteiger partial charge on any atom is -0.377 e. The van der Waals surface area contributed by atoms with Gasteiger partial charge in [-0.05, 0) is 12.2 Å². The van der Waals surface area contributed by atoms with Crippen LogP contribution in [0.15, 0.2) is 10.6 Å². The second-order valence-electron chi connectivity index (χ2n) is 2.98. The maximum Gasteiger partial charge on any atom is 0.224 e. The molecule has 0 bridgehead atoms. The number of aromatic nitrogens is 4. The number of aromatic amines is 1. The molecule has 84 valence electrons. The highest BCUT2D eigenvalue weighted by molar-refractivity contribution is 7.71.